The number of benzene rings is 2. The van der Waals surface area contributed by atoms with Crippen molar-refractivity contribution in [1.29, 1.82) is 0 Å². The van der Waals surface area contributed by atoms with Gasteiger partial charge in [-0.3, -0.25) is 9.52 Å². The number of hydrogen-bond acceptors (Lipinski definition) is 3. The summed E-state index contributed by atoms with van der Waals surface area (Å²) in [5.74, 6) is -0.712. The number of halogens is 2. The van der Waals surface area contributed by atoms with Crippen molar-refractivity contribution in [3.8, 4) is 0 Å². The first-order valence-electron chi connectivity index (χ1n) is 5.45. The second kappa shape index (κ2) is 5.60. The zero-order chi connectivity index (χ0) is 14.8. The molecule has 0 atom stereocenters. The quantitative estimate of drug-likeness (QED) is 0.882. The number of rotatable bonds is 4. The van der Waals surface area contributed by atoms with Crippen molar-refractivity contribution in [2.75, 3.05) is 4.72 Å². The van der Waals surface area contributed by atoms with Crippen LogP contribution in [0.25, 0.3) is 0 Å². The molecule has 0 saturated heterocycles. The molecule has 0 fully saturated rings. The summed E-state index contributed by atoms with van der Waals surface area (Å²) in [7, 11) is -4.03. The predicted octanol–water partition coefficient (Wildman–Crippen LogP) is 3.09. The summed E-state index contributed by atoms with van der Waals surface area (Å²) in [6.45, 7) is 0. The van der Waals surface area contributed by atoms with Crippen LogP contribution in [0, 0.1) is 5.82 Å². The Morgan fingerprint density at radius 3 is 2.60 bits per heavy atom. The van der Waals surface area contributed by atoms with Crippen molar-refractivity contribution in [2.24, 2.45) is 0 Å². The maximum atomic E-state index is 13.1. The van der Waals surface area contributed by atoms with E-state index in [0.717, 1.165) is 18.2 Å². The van der Waals surface area contributed by atoms with E-state index < -0.39 is 15.8 Å². The van der Waals surface area contributed by atoms with Crippen molar-refractivity contribution in [2.45, 2.75) is 4.90 Å². The Morgan fingerprint density at radius 1 is 1.15 bits per heavy atom. The minimum atomic E-state index is -4.03. The average Bonchev–Trinajstić information content (AvgIpc) is 2.41. The van der Waals surface area contributed by atoms with Crippen LogP contribution in [0.2, 0.25) is 5.02 Å². The van der Waals surface area contributed by atoms with E-state index in [0.29, 0.717) is 11.8 Å². The maximum absolute atomic E-state index is 13.1. The first kappa shape index (κ1) is 14.5. The predicted molar refractivity (Wildman–Crippen MR) is 74.0 cm³/mol. The zero-order valence-corrected chi connectivity index (χ0v) is 11.6. The molecule has 2 aromatic rings. The van der Waals surface area contributed by atoms with E-state index in [1.54, 1.807) is 0 Å². The lowest BCUT2D eigenvalue weighted by molar-refractivity contribution is 0.112. The molecule has 0 aromatic heterocycles. The number of carbonyl (C=O) groups is 1. The van der Waals surface area contributed by atoms with Gasteiger partial charge in [0.05, 0.1) is 5.02 Å². The van der Waals surface area contributed by atoms with Gasteiger partial charge in [-0.05, 0) is 30.3 Å². The number of hydrogen-bond donors (Lipinski definition) is 1. The Balaban J connectivity index is 2.40. The third-order valence-electron chi connectivity index (χ3n) is 2.46. The molecule has 0 aliphatic heterocycles. The van der Waals surface area contributed by atoms with Gasteiger partial charge >= 0.3 is 0 Å². The van der Waals surface area contributed by atoms with Crippen LogP contribution in [0.1, 0.15) is 10.4 Å². The molecule has 0 radical (unpaired) electrons. The molecule has 0 amide bonds. The number of aldehydes is 1. The van der Waals surface area contributed by atoms with E-state index in [1.807, 2.05) is 0 Å². The molecule has 2 rings (SSSR count). The molecular formula is C13H9ClFNO3S. The van der Waals surface area contributed by atoms with E-state index in [4.69, 9.17) is 11.6 Å². The van der Waals surface area contributed by atoms with Crippen molar-refractivity contribution in [3.05, 3.63) is 58.9 Å². The summed E-state index contributed by atoms with van der Waals surface area (Å²) in [6.07, 6.45) is 0.590. The van der Waals surface area contributed by atoms with Gasteiger partial charge in [-0.25, -0.2) is 12.8 Å². The minimum Gasteiger partial charge on any atom is -0.298 e. The summed E-state index contributed by atoms with van der Waals surface area (Å²) in [6, 6.07) is 8.93. The Bertz CT molecular complexity index is 762. The normalized spacial score (nSPS) is 11.1. The number of sulfonamides is 1. The van der Waals surface area contributed by atoms with Crippen LogP contribution in [0.3, 0.4) is 0 Å². The van der Waals surface area contributed by atoms with Crippen LogP contribution in [-0.2, 0) is 10.0 Å². The molecule has 0 spiro atoms. The summed E-state index contributed by atoms with van der Waals surface area (Å²) in [5.41, 5.74) is 0.505. The van der Waals surface area contributed by atoms with Crippen molar-refractivity contribution in [3.63, 3.8) is 0 Å². The highest BCUT2D eigenvalue weighted by Crippen LogP contribution is 2.24. The smallest absolute Gasteiger partial charge is 0.263 e. The van der Waals surface area contributed by atoms with Crippen molar-refractivity contribution < 1.29 is 17.6 Å². The summed E-state index contributed by atoms with van der Waals surface area (Å²) in [5, 5.41) is -0.0922. The first-order chi connectivity index (χ1) is 9.42. The van der Waals surface area contributed by atoms with E-state index in [2.05, 4.69) is 4.72 Å². The molecular weight excluding hydrogens is 305 g/mol. The number of nitrogens with one attached hydrogen (secondary N) is 1. The largest absolute Gasteiger partial charge is 0.298 e. The lowest BCUT2D eigenvalue weighted by Crippen LogP contribution is -2.13. The molecule has 0 bridgehead atoms. The average molecular weight is 314 g/mol. The van der Waals surface area contributed by atoms with Crippen LogP contribution >= 0.6 is 11.6 Å². The lowest BCUT2D eigenvalue weighted by atomic mass is 10.2. The van der Waals surface area contributed by atoms with E-state index in [-0.39, 0.29) is 15.6 Å². The Hall–Kier alpha value is -1.92. The fourth-order valence-electron chi connectivity index (χ4n) is 1.57. The van der Waals surface area contributed by atoms with Gasteiger partial charge in [0.25, 0.3) is 10.0 Å². The minimum absolute atomic E-state index is 0.0922. The molecule has 20 heavy (non-hydrogen) atoms. The SMILES string of the molecule is O=Cc1cccc(NS(=O)(=O)c2cc(F)ccc2Cl)c1. The molecule has 0 aliphatic carbocycles. The van der Waals surface area contributed by atoms with Gasteiger partial charge in [-0.15, -0.1) is 0 Å². The molecule has 104 valence electrons. The van der Waals surface area contributed by atoms with Crippen LogP contribution in [0.5, 0.6) is 0 Å². The Kier molecular flexibility index (Phi) is 4.06. The van der Waals surface area contributed by atoms with Gasteiger partial charge < -0.3 is 0 Å². The molecule has 0 heterocycles. The number of anilines is 1. The fourth-order valence-corrected chi connectivity index (χ4v) is 3.13. The molecule has 0 saturated carbocycles. The van der Waals surface area contributed by atoms with Crippen molar-refractivity contribution >= 4 is 33.6 Å². The summed E-state index contributed by atoms with van der Waals surface area (Å²) >= 11 is 5.76. The molecule has 1 N–H and O–H groups in total. The summed E-state index contributed by atoms with van der Waals surface area (Å²) < 4.78 is 39.6. The monoisotopic (exact) mass is 313 g/mol. The molecule has 7 heteroatoms. The third-order valence-corrected chi connectivity index (χ3v) is 4.32. The van der Waals surface area contributed by atoms with Gasteiger partial charge in [-0.1, -0.05) is 23.7 Å². The lowest BCUT2D eigenvalue weighted by Gasteiger charge is -2.09. The van der Waals surface area contributed by atoms with Crippen LogP contribution in [-0.4, -0.2) is 14.7 Å². The van der Waals surface area contributed by atoms with Gasteiger partial charge in [0.15, 0.2) is 0 Å². The number of carbonyl (C=O) groups excluding carboxylic acids is 1. The second-order valence-corrected chi connectivity index (χ2v) is 5.98. The zero-order valence-electron chi connectivity index (χ0n) is 10.0. The van der Waals surface area contributed by atoms with Crippen LogP contribution < -0.4 is 4.72 Å². The maximum Gasteiger partial charge on any atom is 0.263 e. The molecule has 4 nitrogen and oxygen atoms in total. The van der Waals surface area contributed by atoms with E-state index in [9.17, 15) is 17.6 Å². The van der Waals surface area contributed by atoms with Crippen molar-refractivity contribution in [1.82, 2.24) is 0 Å². The van der Waals surface area contributed by atoms with Gasteiger partial charge in [0.2, 0.25) is 0 Å². The van der Waals surface area contributed by atoms with Gasteiger partial charge in [0.1, 0.15) is 17.0 Å². The standard InChI is InChI=1S/C13H9ClFNO3S/c14-12-5-4-10(15)7-13(12)20(18,19)16-11-3-1-2-9(6-11)8-17/h1-8,16H. The third kappa shape index (κ3) is 3.15. The Labute approximate surface area is 120 Å². The highest BCUT2D eigenvalue weighted by Gasteiger charge is 2.19. The topological polar surface area (TPSA) is 63.2 Å². The molecule has 0 aliphatic rings. The molecule has 2 aromatic carbocycles. The van der Waals surface area contributed by atoms with Gasteiger partial charge in [-0.2, -0.15) is 0 Å². The first-order valence-corrected chi connectivity index (χ1v) is 7.31. The highest BCUT2D eigenvalue weighted by molar-refractivity contribution is 7.92. The van der Waals surface area contributed by atoms with Crippen LogP contribution in [0.4, 0.5) is 10.1 Å². The highest BCUT2D eigenvalue weighted by atomic mass is 35.5. The van der Waals surface area contributed by atoms with E-state index >= 15 is 0 Å². The van der Waals surface area contributed by atoms with Crippen LogP contribution in [0.15, 0.2) is 47.4 Å². The Morgan fingerprint density at radius 2 is 1.90 bits per heavy atom. The van der Waals surface area contributed by atoms with E-state index in [1.165, 1.54) is 24.3 Å². The fraction of sp³-hybridized carbons (Fsp3) is 0. The summed E-state index contributed by atoms with van der Waals surface area (Å²) in [4.78, 5) is 10.3. The second-order valence-electron chi connectivity index (χ2n) is 3.92. The molecule has 0 unspecified atom stereocenters. The van der Waals surface area contributed by atoms with Gasteiger partial charge in [0, 0.05) is 11.3 Å².